The summed E-state index contributed by atoms with van der Waals surface area (Å²) < 4.78 is 0. The van der Waals surface area contributed by atoms with Crippen molar-refractivity contribution in [2.45, 2.75) is 77.7 Å². The number of carbonyl (C=O) groups is 1. The van der Waals surface area contributed by atoms with Crippen LogP contribution < -0.4 is 5.32 Å². The Morgan fingerprint density at radius 1 is 1.14 bits per heavy atom. The van der Waals surface area contributed by atoms with Gasteiger partial charge in [-0.3, -0.25) is 4.79 Å². The highest BCUT2D eigenvalue weighted by atomic mass is 16.4. The molecule has 0 aromatic rings. The van der Waals surface area contributed by atoms with E-state index in [2.05, 4.69) is 19.2 Å². The third-order valence-corrected chi connectivity index (χ3v) is 5.48. The van der Waals surface area contributed by atoms with Gasteiger partial charge in [0.15, 0.2) is 0 Å². The highest BCUT2D eigenvalue weighted by Crippen LogP contribution is 2.32. The SMILES string of the molecule is CC(C)CC1CCCC(NCC2CCCCC2C(=O)O)C1. The van der Waals surface area contributed by atoms with Crippen molar-refractivity contribution in [1.82, 2.24) is 5.32 Å². The van der Waals surface area contributed by atoms with Crippen LogP contribution in [0.1, 0.15) is 71.6 Å². The Labute approximate surface area is 129 Å². The maximum Gasteiger partial charge on any atom is 0.306 e. The summed E-state index contributed by atoms with van der Waals surface area (Å²) in [4.78, 5) is 11.4. The summed E-state index contributed by atoms with van der Waals surface area (Å²) in [6.07, 6.45) is 10.9. The van der Waals surface area contributed by atoms with E-state index in [1.807, 2.05) is 0 Å². The Kier molecular flexibility index (Phi) is 6.53. The molecule has 0 saturated heterocycles. The predicted molar refractivity (Wildman–Crippen MR) is 86.3 cm³/mol. The van der Waals surface area contributed by atoms with Gasteiger partial charge in [0.25, 0.3) is 0 Å². The number of hydrogen-bond donors (Lipinski definition) is 2. The molecule has 4 atom stereocenters. The summed E-state index contributed by atoms with van der Waals surface area (Å²) >= 11 is 0. The number of aliphatic carboxylic acids is 1. The second kappa shape index (κ2) is 8.17. The second-order valence-electron chi connectivity index (χ2n) is 7.76. The van der Waals surface area contributed by atoms with Crippen LogP contribution in [-0.4, -0.2) is 23.7 Å². The Hall–Kier alpha value is -0.570. The van der Waals surface area contributed by atoms with Crippen LogP contribution in [0.5, 0.6) is 0 Å². The first-order chi connectivity index (χ1) is 10.1. The molecule has 0 aliphatic heterocycles. The zero-order valence-electron chi connectivity index (χ0n) is 13.8. The Bertz CT molecular complexity index is 329. The van der Waals surface area contributed by atoms with E-state index in [1.54, 1.807) is 0 Å². The highest BCUT2D eigenvalue weighted by molar-refractivity contribution is 5.70. The first-order valence-electron chi connectivity index (χ1n) is 9.02. The van der Waals surface area contributed by atoms with E-state index < -0.39 is 5.97 Å². The largest absolute Gasteiger partial charge is 0.481 e. The van der Waals surface area contributed by atoms with Crippen molar-refractivity contribution < 1.29 is 9.90 Å². The second-order valence-corrected chi connectivity index (χ2v) is 7.76. The number of carboxylic acid groups (broad SMARTS) is 1. The molecule has 2 saturated carbocycles. The van der Waals surface area contributed by atoms with Gasteiger partial charge in [-0.05, 0) is 56.4 Å². The Balaban J connectivity index is 1.77. The topological polar surface area (TPSA) is 49.3 Å². The van der Waals surface area contributed by atoms with Gasteiger partial charge in [-0.25, -0.2) is 0 Å². The number of nitrogens with one attached hydrogen (secondary N) is 1. The van der Waals surface area contributed by atoms with E-state index in [-0.39, 0.29) is 5.92 Å². The molecule has 3 nitrogen and oxygen atoms in total. The van der Waals surface area contributed by atoms with Crippen molar-refractivity contribution >= 4 is 5.97 Å². The van der Waals surface area contributed by atoms with Gasteiger partial charge in [0.05, 0.1) is 5.92 Å². The molecule has 0 bridgehead atoms. The van der Waals surface area contributed by atoms with Gasteiger partial charge in [0, 0.05) is 6.04 Å². The van der Waals surface area contributed by atoms with Gasteiger partial charge in [-0.15, -0.1) is 0 Å². The van der Waals surface area contributed by atoms with Crippen molar-refractivity contribution in [3.05, 3.63) is 0 Å². The van der Waals surface area contributed by atoms with E-state index in [4.69, 9.17) is 0 Å². The minimum atomic E-state index is -0.581. The van der Waals surface area contributed by atoms with Crippen molar-refractivity contribution in [2.75, 3.05) is 6.54 Å². The molecular formula is C18H33NO2. The monoisotopic (exact) mass is 295 g/mol. The van der Waals surface area contributed by atoms with E-state index in [0.717, 1.165) is 37.6 Å². The lowest BCUT2D eigenvalue weighted by Gasteiger charge is -2.34. The molecule has 21 heavy (non-hydrogen) atoms. The minimum Gasteiger partial charge on any atom is -0.481 e. The molecule has 4 unspecified atom stereocenters. The van der Waals surface area contributed by atoms with Crippen molar-refractivity contribution in [1.29, 1.82) is 0 Å². The van der Waals surface area contributed by atoms with Crippen LogP contribution in [0.2, 0.25) is 0 Å². The molecule has 0 radical (unpaired) electrons. The molecule has 0 aromatic carbocycles. The fourth-order valence-corrected chi connectivity index (χ4v) is 4.45. The van der Waals surface area contributed by atoms with Crippen LogP contribution in [0.15, 0.2) is 0 Å². The van der Waals surface area contributed by atoms with Crippen LogP contribution in [0.3, 0.4) is 0 Å². The van der Waals surface area contributed by atoms with Gasteiger partial charge in [0.1, 0.15) is 0 Å². The summed E-state index contributed by atoms with van der Waals surface area (Å²) in [6, 6.07) is 0.624. The molecule has 122 valence electrons. The summed E-state index contributed by atoms with van der Waals surface area (Å²) in [5.41, 5.74) is 0. The summed E-state index contributed by atoms with van der Waals surface area (Å²) in [5.74, 6) is 1.33. The maximum absolute atomic E-state index is 11.4. The molecule has 0 aromatic heterocycles. The number of carboxylic acids is 1. The molecule has 2 fully saturated rings. The Morgan fingerprint density at radius 2 is 1.90 bits per heavy atom. The zero-order chi connectivity index (χ0) is 15.2. The first-order valence-corrected chi connectivity index (χ1v) is 9.02. The molecule has 0 heterocycles. The van der Waals surface area contributed by atoms with Crippen LogP contribution >= 0.6 is 0 Å². The molecule has 0 amide bonds. The van der Waals surface area contributed by atoms with Gasteiger partial charge < -0.3 is 10.4 Å². The molecule has 2 aliphatic rings. The molecule has 0 spiro atoms. The lowest BCUT2D eigenvalue weighted by molar-refractivity contribution is -0.144. The van der Waals surface area contributed by atoms with Gasteiger partial charge in [-0.1, -0.05) is 39.5 Å². The fraction of sp³-hybridized carbons (Fsp3) is 0.944. The molecule has 2 aliphatic carbocycles. The predicted octanol–water partition coefficient (Wildman–Crippen LogP) is 4.07. The van der Waals surface area contributed by atoms with Gasteiger partial charge in [-0.2, -0.15) is 0 Å². The van der Waals surface area contributed by atoms with Gasteiger partial charge in [0.2, 0.25) is 0 Å². The van der Waals surface area contributed by atoms with Crippen molar-refractivity contribution in [3.63, 3.8) is 0 Å². The quantitative estimate of drug-likeness (QED) is 0.776. The highest BCUT2D eigenvalue weighted by Gasteiger charge is 2.31. The molecule has 2 rings (SSSR count). The fourth-order valence-electron chi connectivity index (χ4n) is 4.45. The minimum absolute atomic E-state index is 0.110. The van der Waals surface area contributed by atoms with E-state index in [9.17, 15) is 9.90 Å². The Morgan fingerprint density at radius 3 is 2.62 bits per heavy atom. The zero-order valence-corrected chi connectivity index (χ0v) is 13.8. The lowest BCUT2D eigenvalue weighted by atomic mass is 9.78. The average molecular weight is 295 g/mol. The summed E-state index contributed by atoms with van der Waals surface area (Å²) in [6.45, 7) is 5.54. The number of hydrogen-bond acceptors (Lipinski definition) is 2. The first kappa shape index (κ1) is 16.8. The third-order valence-electron chi connectivity index (χ3n) is 5.48. The van der Waals surface area contributed by atoms with E-state index in [0.29, 0.717) is 12.0 Å². The van der Waals surface area contributed by atoms with Crippen LogP contribution in [0.25, 0.3) is 0 Å². The van der Waals surface area contributed by atoms with Gasteiger partial charge >= 0.3 is 5.97 Å². The standard InChI is InChI=1S/C18H33NO2/c1-13(2)10-14-6-5-8-16(11-14)19-12-15-7-3-4-9-17(15)18(20)21/h13-17,19H,3-12H2,1-2H3,(H,20,21). The summed E-state index contributed by atoms with van der Waals surface area (Å²) in [7, 11) is 0. The normalized spacial score (nSPS) is 34.0. The van der Waals surface area contributed by atoms with E-state index in [1.165, 1.54) is 38.5 Å². The van der Waals surface area contributed by atoms with Crippen molar-refractivity contribution in [2.24, 2.45) is 23.7 Å². The number of rotatable bonds is 6. The molecule has 3 heteroatoms. The van der Waals surface area contributed by atoms with Crippen LogP contribution in [0, 0.1) is 23.7 Å². The third kappa shape index (κ3) is 5.28. The van der Waals surface area contributed by atoms with Crippen LogP contribution in [-0.2, 0) is 4.79 Å². The molecule has 2 N–H and O–H groups in total. The lowest BCUT2D eigenvalue weighted by Crippen LogP contribution is -2.41. The summed E-state index contributed by atoms with van der Waals surface area (Å²) in [5, 5.41) is 13.1. The average Bonchev–Trinajstić information content (AvgIpc) is 2.45. The van der Waals surface area contributed by atoms with Crippen molar-refractivity contribution in [3.8, 4) is 0 Å². The van der Waals surface area contributed by atoms with E-state index >= 15 is 0 Å². The smallest absolute Gasteiger partial charge is 0.306 e. The van der Waals surface area contributed by atoms with Crippen LogP contribution in [0.4, 0.5) is 0 Å². The molecular weight excluding hydrogens is 262 g/mol. The maximum atomic E-state index is 11.4.